The highest BCUT2D eigenvalue weighted by molar-refractivity contribution is 5.87. The molecular weight excluding hydrogens is 452 g/mol. The molecule has 3 heterocycles. The smallest absolute Gasteiger partial charge is 0.322 e. The monoisotopic (exact) mass is 478 g/mol. The number of methoxy groups -OCH3 is 2. The van der Waals surface area contributed by atoms with Crippen molar-refractivity contribution < 1.29 is 28.3 Å². The van der Waals surface area contributed by atoms with E-state index in [1.54, 1.807) is 19.1 Å². The molecule has 0 aliphatic carbocycles. The lowest BCUT2D eigenvalue weighted by atomic mass is 9.94. The maximum Gasteiger partial charge on any atom is 0.322 e. The van der Waals surface area contributed by atoms with Gasteiger partial charge in [-0.15, -0.1) is 0 Å². The molecule has 0 radical (unpaired) electrons. The van der Waals surface area contributed by atoms with E-state index in [0.717, 1.165) is 28.1 Å². The van der Waals surface area contributed by atoms with Gasteiger partial charge in [0, 0.05) is 31.5 Å². The van der Waals surface area contributed by atoms with Gasteiger partial charge in [0.15, 0.2) is 11.5 Å². The number of urea groups is 1. The minimum absolute atomic E-state index is 0.185. The van der Waals surface area contributed by atoms with Gasteiger partial charge in [-0.1, -0.05) is 17.3 Å². The second-order valence-corrected chi connectivity index (χ2v) is 8.14. The second-order valence-electron chi connectivity index (χ2n) is 8.14. The Morgan fingerprint density at radius 1 is 1.11 bits per heavy atom. The van der Waals surface area contributed by atoms with Crippen LogP contribution in [-0.4, -0.2) is 55.2 Å². The Kier molecular flexibility index (Phi) is 6.28. The molecule has 1 atom stereocenters. The Bertz CT molecular complexity index is 1250. The van der Waals surface area contributed by atoms with Gasteiger partial charge in [0.25, 0.3) is 5.89 Å². The van der Waals surface area contributed by atoms with Crippen LogP contribution in [-0.2, 0) is 4.74 Å². The summed E-state index contributed by atoms with van der Waals surface area (Å²) in [6, 6.07) is 12.3. The van der Waals surface area contributed by atoms with Crippen molar-refractivity contribution in [1.29, 1.82) is 0 Å². The van der Waals surface area contributed by atoms with Gasteiger partial charge >= 0.3 is 6.03 Å². The van der Waals surface area contributed by atoms with Crippen LogP contribution in [0.4, 0.5) is 4.79 Å². The zero-order valence-corrected chi connectivity index (χ0v) is 19.7. The molecule has 0 bridgehead atoms. The first kappa shape index (κ1) is 22.7. The van der Waals surface area contributed by atoms with Gasteiger partial charge in [-0.25, -0.2) is 4.79 Å². The highest BCUT2D eigenvalue weighted by Crippen LogP contribution is 2.39. The molecule has 0 spiro atoms. The highest BCUT2D eigenvalue weighted by atomic mass is 16.7. The Morgan fingerprint density at radius 2 is 1.91 bits per heavy atom. The number of hydrogen-bond donors (Lipinski definition) is 1. The number of fused-ring (bicyclic) bond motifs is 1. The minimum Gasteiger partial charge on any atom is -0.497 e. The summed E-state index contributed by atoms with van der Waals surface area (Å²) >= 11 is 0. The SMILES string of the molecule is COCCCN1C(=O)NC(c2ccc(OC)cc2)C(c2nc(-c3ccc4c(c3)OCO4)no2)=C1C. The molecule has 10 nitrogen and oxygen atoms in total. The van der Waals surface area contributed by atoms with E-state index in [9.17, 15) is 4.79 Å². The summed E-state index contributed by atoms with van der Waals surface area (Å²) in [5.41, 5.74) is 3.08. The average molecular weight is 479 g/mol. The Labute approximate surface area is 202 Å². The molecule has 182 valence electrons. The number of hydrogen-bond acceptors (Lipinski definition) is 8. The van der Waals surface area contributed by atoms with Crippen molar-refractivity contribution in [2.45, 2.75) is 19.4 Å². The number of aromatic nitrogens is 2. The Balaban J connectivity index is 1.54. The summed E-state index contributed by atoms with van der Waals surface area (Å²) in [5.74, 6) is 2.77. The third-order valence-corrected chi connectivity index (χ3v) is 6.06. The predicted octanol–water partition coefficient (Wildman–Crippen LogP) is 4.01. The molecule has 5 rings (SSSR count). The standard InChI is InChI=1S/C25H26N4O6/c1-15-21(24-27-23(28-35-24)17-7-10-19-20(13-17)34-14-33-19)22(16-5-8-18(32-3)9-6-16)26-25(30)29(15)11-4-12-31-2/h5-10,13,22H,4,11-12,14H2,1-3H3,(H,26,30). The van der Waals surface area contributed by atoms with Crippen molar-refractivity contribution in [2.24, 2.45) is 0 Å². The summed E-state index contributed by atoms with van der Waals surface area (Å²) in [6.07, 6.45) is 0.689. The van der Waals surface area contributed by atoms with Crippen molar-refractivity contribution in [3.63, 3.8) is 0 Å². The van der Waals surface area contributed by atoms with E-state index in [2.05, 4.69) is 15.5 Å². The van der Waals surface area contributed by atoms with Crippen molar-refractivity contribution in [3.05, 3.63) is 59.6 Å². The highest BCUT2D eigenvalue weighted by Gasteiger charge is 2.35. The van der Waals surface area contributed by atoms with Crippen LogP contribution in [0.25, 0.3) is 17.0 Å². The number of nitrogens with one attached hydrogen (secondary N) is 1. The Morgan fingerprint density at radius 3 is 2.69 bits per heavy atom. The number of nitrogens with zero attached hydrogens (tertiary/aromatic N) is 3. The van der Waals surface area contributed by atoms with Gasteiger partial charge < -0.3 is 28.8 Å². The van der Waals surface area contributed by atoms with Crippen LogP contribution in [0.3, 0.4) is 0 Å². The number of ether oxygens (including phenoxy) is 4. The summed E-state index contributed by atoms with van der Waals surface area (Å²) in [7, 11) is 3.25. The van der Waals surface area contributed by atoms with Crippen LogP contribution < -0.4 is 19.5 Å². The first-order valence-electron chi connectivity index (χ1n) is 11.2. The van der Waals surface area contributed by atoms with Gasteiger partial charge in [0.05, 0.1) is 18.7 Å². The molecule has 0 saturated heterocycles. The van der Waals surface area contributed by atoms with E-state index in [-0.39, 0.29) is 12.8 Å². The van der Waals surface area contributed by atoms with Crippen LogP contribution in [0.5, 0.6) is 17.2 Å². The number of rotatable bonds is 8. The zero-order chi connectivity index (χ0) is 24.4. The van der Waals surface area contributed by atoms with E-state index in [1.807, 2.05) is 49.4 Å². The minimum atomic E-state index is -0.475. The van der Waals surface area contributed by atoms with Crippen LogP contribution in [0, 0.1) is 0 Å². The first-order valence-corrected chi connectivity index (χ1v) is 11.2. The number of benzene rings is 2. The van der Waals surface area contributed by atoms with Crippen molar-refractivity contribution in [1.82, 2.24) is 20.4 Å². The number of carbonyl (C=O) groups is 1. The zero-order valence-electron chi connectivity index (χ0n) is 19.7. The molecule has 35 heavy (non-hydrogen) atoms. The van der Waals surface area contributed by atoms with Crippen molar-refractivity contribution >= 4 is 11.6 Å². The van der Waals surface area contributed by atoms with Crippen molar-refractivity contribution in [3.8, 4) is 28.6 Å². The molecule has 10 heteroatoms. The molecule has 1 aromatic heterocycles. The van der Waals surface area contributed by atoms with E-state index in [1.165, 1.54) is 0 Å². The van der Waals surface area contributed by atoms with Crippen LogP contribution in [0.2, 0.25) is 0 Å². The van der Waals surface area contributed by atoms with E-state index >= 15 is 0 Å². The van der Waals surface area contributed by atoms with E-state index < -0.39 is 6.04 Å². The number of amides is 2. The lowest BCUT2D eigenvalue weighted by Crippen LogP contribution is -2.46. The van der Waals surface area contributed by atoms with Crippen LogP contribution >= 0.6 is 0 Å². The maximum absolute atomic E-state index is 13.0. The largest absolute Gasteiger partial charge is 0.497 e. The predicted molar refractivity (Wildman–Crippen MR) is 126 cm³/mol. The molecule has 1 unspecified atom stereocenters. The fraction of sp³-hybridized carbons (Fsp3) is 0.320. The fourth-order valence-corrected chi connectivity index (χ4v) is 4.23. The van der Waals surface area contributed by atoms with Gasteiger partial charge in [-0.3, -0.25) is 4.90 Å². The molecule has 2 amide bonds. The first-order chi connectivity index (χ1) is 17.1. The summed E-state index contributed by atoms with van der Waals surface area (Å²) in [5, 5.41) is 7.30. The summed E-state index contributed by atoms with van der Waals surface area (Å²) in [6.45, 7) is 3.11. The van der Waals surface area contributed by atoms with Gasteiger partial charge in [0.1, 0.15) is 5.75 Å². The fourth-order valence-electron chi connectivity index (χ4n) is 4.23. The molecule has 3 aromatic rings. The van der Waals surface area contributed by atoms with E-state index in [0.29, 0.717) is 42.8 Å². The molecule has 2 aliphatic rings. The van der Waals surface area contributed by atoms with Gasteiger partial charge in [0.2, 0.25) is 12.6 Å². The molecule has 2 aliphatic heterocycles. The van der Waals surface area contributed by atoms with Crippen LogP contribution in [0.1, 0.15) is 30.8 Å². The topological polar surface area (TPSA) is 108 Å². The molecule has 0 fully saturated rings. The van der Waals surface area contributed by atoms with Crippen molar-refractivity contribution in [2.75, 3.05) is 34.2 Å². The lowest BCUT2D eigenvalue weighted by Gasteiger charge is -2.35. The maximum atomic E-state index is 13.0. The number of carbonyl (C=O) groups excluding carboxylic acids is 1. The third kappa shape index (κ3) is 4.40. The molecular formula is C25H26N4O6. The summed E-state index contributed by atoms with van der Waals surface area (Å²) < 4.78 is 27.1. The quantitative estimate of drug-likeness (QED) is 0.484. The van der Waals surface area contributed by atoms with Gasteiger partial charge in [-0.2, -0.15) is 4.98 Å². The van der Waals surface area contributed by atoms with Crippen LogP contribution in [0.15, 0.2) is 52.7 Å². The molecule has 1 N–H and O–H groups in total. The molecule has 2 aromatic carbocycles. The number of allylic oxidation sites excluding steroid dienone is 1. The normalized spacial score (nSPS) is 17.1. The Hall–Kier alpha value is -4.05. The lowest BCUT2D eigenvalue weighted by molar-refractivity contribution is 0.173. The molecule has 0 saturated carbocycles. The van der Waals surface area contributed by atoms with Gasteiger partial charge in [-0.05, 0) is 49.2 Å². The summed E-state index contributed by atoms with van der Waals surface area (Å²) in [4.78, 5) is 19.4. The second kappa shape index (κ2) is 9.67. The van der Waals surface area contributed by atoms with E-state index in [4.69, 9.17) is 23.5 Å². The third-order valence-electron chi connectivity index (χ3n) is 6.06. The average Bonchev–Trinajstić information content (AvgIpc) is 3.55.